The zero-order valence-corrected chi connectivity index (χ0v) is 12.6. The molecule has 6 nitrogen and oxygen atoms in total. The van der Waals surface area contributed by atoms with Crippen molar-refractivity contribution in [2.24, 2.45) is 0 Å². The Morgan fingerprint density at radius 1 is 1.30 bits per heavy atom. The molecule has 0 unspecified atom stereocenters. The van der Waals surface area contributed by atoms with Crippen LogP contribution in [-0.4, -0.2) is 34.1 Å². The van der Waals surface area contributed by atoms with Crippen LogP contribution in [0.4, 0.5) is 0 Å². The second kappa shape index (κ2) is 7.25. The van der Waals surface area contributed by atoms with Crippen molar-refractivity contribution < 1.29 is 22.7 Å². The fourth-order valence-electron chi connectivity index (χ4n) is 1.53. The summed E-state index contributed by atoms with van der Waals surface area (Å²) in [6, 6.07) is 6.27. The minimum atomic E-state index is -3.71. The van der Waals surface area contributed by atoms with Crippen molar-refractivity contribution >= 4 is 16.0 Å². The number of methoxy groups -OCH3 is 1. The predicted octanol–water partition coefficient (Wildman–Crippen LogP) is 1.32. The third-order valence-corrected chi connectivity index (χ3v) is 3.85. The quantitative estimate of drug-likeness (QED) is 0.768. The molecule has 112 valence electrons. The van der Waals surface area contributed by atoms with E-state index >= 15 is 0 Å². The van der Waals surface area contributed by atoms with Crippen LogP contribution in [-0.2, 0) is 19.6 Å². The molecule has 0 radical (unpaired) electrons. The van der Waals surface area contributed by atoms with Gasteiger partial charge in [-0.05, 0) is 26.0 Å². The molecule has 0 bridgehead atoms. The Labute approximate surface area is 119 Å². The Morgan fingerprint density at radius 2 is 1.95 bits per heavy atom. The molecule has 0 saturated carbocycles. The molecule has 0 amide bonds. The van der Waals surface area contributed by atoms with Gasteiger partial charge in [0.15, 0.2) is 0 Å². The van der Waals surface area contributed by atoms with E-state index in [2.05, 4.69) is 4.72 Å². The van der Waals surface area contributed by atoms with E-state index in [1.54, 1.807) is 32.0 Å². The van der Waals surface area contributed by atoms with Crippen molar-refractivity contribution in [3.05, 3.63) is 24.3 Å². The summed E-state index contributed by atoms with van der Waals surface area (Å²) < 4.78 is 36.4. The number of carbonyl (C=O) groups is 1. The van der Waals surface area contributed by atoms with E-state index in [9.17, 15) is 13.2 Å². The molecule has 0 heterocycles. The van der Waals surface area contributed by atoms with E-state index in [0.29, 0.717) is 0 Å². The summed E-state index contributed by atoms with van der Waals surface area (Å²) in [6.07, 6.45) is -0.236. The fourth-order valence-corrected chi connectivity index (χ4v) is 2.73. The minimum absolute atomic E-state index is 0.0213. The summed E-state index contributed by atoms with van der Waals surface area (Å²) in [6.45, 7) is 3.44. The molecule has 0 aliphatic rings. The van der Waals surface area contributed by atoms with Gasteiger partial charge in [0.25, 0.3) is 0 Å². The van der Waals surface area contributed by atoms with Crippen molar-refractivity contribution in [3.8, 4) is 5.75 Å². The standard InChI is InChI=1S/C13H19NO5S/c1-10(2)19-13(15)8-9-14-20(16,17)12-7-5-4-6-11(12)18-3/h4-7,10,14H,8-9H2,1-3H3. The molecule has 0 fully saturated rings. The number of hydrogen-bond donors (Lipinski definition) is 1. The first-order valence-corrected chi connectivity index (χ1v) is 7.67. The molecule has 1 rings (SSSR count). The van der Waals surface area contributed by atoms with Crippen LogP contribution in [0.25, 0.3) is 0 Å². The first-order valence-electron chi connectivity index (χ1n) is 6.19. The molecule has 0 spiro atoms. The van der Waals surface area contributed by atoms with Crippen molar-refractivity contribution in [1.82, 2.24) is 4.72 Å². The van der Waals surface area contributed by atoms with E-state index < -0.39 is 16.0 Å². The molecule has 20 heavy (non-hydrogen) atoms. The molecule has 1 aromatic carbocycles. The van der Waals surface area contributed by atoms with Crippen LogP contribution >= 0.6 is 0 Å². The number of nitrogens with one attached hydrogen (secondary N) is 1. The highest BCUT2D eigenvalue weighted by Gasteiger charge is 2.19. The number of sulfonamides is 1. The Kier molecular flexibility index (Phi) is 5.97. The number of carbonyl (C=O) groups excluding carboxylic acids is 1. The van der Waals surface area contributed by atoms with Crippen molar-refractivity contribution in [1.29, 1.82) is 0 Å². The largest absolute Gasteiger partial charge is 0.495 e. The zero-order chi connectivity index (χ0) is 15.2. The van der Waals surface area contributed by atoms with Crippen LogP contribution in [0.3, 0.4) is 0 Å². The maximum atomic E-state index is 12.1. The van der Waals surface area contributed by atoms with Crippen LogP contribution in [0.5, 0.6) is 5.75 Å². The van der Waals surface area contributed by atoms with Gasteiger partial charge in [0.05, 0.1) is 19.6 Å². The monoisotopic (exact) mass is 301 g/mol. The Hall–Kier alpha value is -1.60. The molecule has 7 heteroatoms. The number of rotatable bonds is 7. The first-order chi connectivity index (χ1) is 9.36. The van der Waals surface area contributed by atoms with Gasteiger partial charge in [0.2, 0.25) is 10.0 Å². The van der Waals surface area contributed by atoms with Crippen molar-refractivity contribution in [2.45, 2.75) is 31.3 Å². The summed E-state index contributed by atoms with van der Waals surface area (Å²) in [5.41, 5.74) is 0. The normalized spacial score (nSPS) is 11.4. The first kappa shape index (κ1) is 16.5. The molecule has 0 aromatic heterocycles. The van der Waals surface area contributed by atoms with Gasteiger partial charge in [-0.3, -0.25) is 4.79 Å². The molecule has 1 N–H and O–H groups in total. The van der Waals surface area contributed by atoms with E-state index in [1.165, 1.54) is 13.2 Å². The lowest BCUT2D eigenvalue weighted by molar-refractivity contribution is -0.147. The van der Waals surface area contributed by atoms with Crippen molar-refractivity contribution in [2.75, 3.05) is 13.7 Å². The molecule has 0 atom stereocenters. The maximum absolute atomic E-state index is 12.1. The highest BCUT2D eigenvalue weighted by atomic mass is 32.2. The number of benzene rings is 1. The van der Waals surface area contributed by atoms with Gasteiger partial charge in [0, 0.05) is 6.54 Å². The van der Waals surface area contributed by atoms with E-state index in [0.717, 1.165) is 0 Å². The zero-order valence-electron chi connectivity index (χ0n) is 11.8. The number of hydrogen-bond acceptors (Lipinski definition) is 5. The third-order valence-electron chi connectivity index (χ3n) is 2.35. The second-order valence-electron chi connectivity index (χ2n) is 4.34. The second-order valence-corrected chi connectivity index (χ2v) is 6.07. The van der Waals surface area contributed by atoms with Crippen molar-refractivity contribution in [3.63, 3.8) is 0 Å². The van der Waals surface area contributed by atoms with Gasteiger partial charge < -0.3 is 9.47 Å². The van der Waals surface area contributed by atoms with Gasteiger partial charge in [-0.2, -0.15) is 0 Å². The molecule has 0 aliphatic heterocycles. The average Bonchev–Trinajstić information content (AvgIpc) is 2.37. The molecule has 0 saturated heterocycles. The number of para-hydroxylation sites is 1. The van der Waals surface area contributed by atoms with Gasteiger partial charge in [-0.15, -0.1) is 0 Å². The molecular formula is C13H19NO5S. The summed E-state index contributed by atoms with van der Waals surface area (Å²) in [4.78, 5) is 11.4. The van der Waals surface area contributed by atoms with Crippen LogP contribution in [0.15, 0.2) is 29.2 Å². The summed E-state index contributed by atoms with van der Waals surface area (Å²) >= 11 is 0. The van der Waals surface area contributed by atoms with E-state index in [1.807, 2.05) is 0 Å². The third kappa shape index (κ3) is 4.82. The average molecular weight is 301 g/mol. The lowest BCUT2D eigenvalue weighted by Crippen LogP contribution is -2.27. The highest BCUT2D eigenvalue weighted by molar-refractivity contribution is 7.89. The maximum Gasteiger partial charge on any atom is 0.307 e. The van der Waals surface area contributed by atoms with Crippen LogP contribution in [0, 0.1) is 0 Å². The van der Waals surface area contributed by atoms with Gasteiger partial charge in [-0.25, -0.2) is 13.1 Å². The highest BCUT2D eigenvalue weighted by Crippen LogP contribution is 2.22. The smallest absolute Gasteiger partial charge is 0.307 e. The molecule has 1 aromatic rings. The van der Waals surface area contributed by atoms with E-state index in [-0.39, 0.29) is 29.7 Å². The minimum Gasteiger partial charge on any atom is -0.495 e. The Balaban J connectivity index is 2.65. The molecule has 0 aliphatic carbocycles. The Morgan fingerprint density at radius 3 is 2.55 bits per heavy atom. The lowest BCUT2D eigenvalue weighted by Gasteiger charge is -2.11. The van der Waals surface area contributed by atoms with Crippen LogP contribution in [0.1, 0.15) is 20.3 Å². The van der Waals surface area contributed by atoms with Crippen LogP contribution in [0.2, 0.25) is 0 Å². The van der Waals surface area contributed by atoms with Gasteiger partial charge in [0.1, 0.15) is 10.6 Å². The van der Waals surface area contributed by atoms with Gasteiger partial charge in [-0.1, -0.05) is 12.1 Å². The van der Waals surface area contributed by atoms with E-state index in [4.69, 9.17) is 9.47 Å². The summed E-state index contributed by atoms with van der Waals surface area (Å²) in [7, 11) is -2.31. The van der Waals surface area contributed by atoms with Gasteiger partial charge >= 0.3 is 5.97 Å². The number of esters is 1. The molecular weight excluding hydrogens is 282 g/mol. The number of ether oxygens (including phenoxy) is 2. The Bertz CT molecular complexity index is 554. The topological polar surface area (TPSA) is 81.7 Å². The SMILES string of the molecule is COc1ccccc1S(=O)(=O)NCCC(=O)OC(C)C. The summed E-state index contributed by atoms with van der Waals surface area (Å²) in [5, 5.41) is 0. The summed E-state index contributed by atoms with van der Waals surface area (Å²) in [5.74, 6) is -0.188. The van der Waals surface area contributed by atoms with Crippen LogP contribution < -0.4 is 9.46 Å². The predicted molar refractivity (Wildman–Crippen MR) is 74.0 cm³/mol. The lowest BCUT2D eigenvalue weighted by atomic mass is 10.3. The fraction of sp³-hybridized carbons (Fsp3) is 0.462.